The first-order chi connectivity index (χ1) is 15.7. The third-order valence-corrected chi connectivity index (χ3v) is 5.90. The maximum atomic E-state index is 12.9. The largest absolute Gasteiger partial charge is 0.507 e. The van der Waals surface area contributed by atoms with E-state index >= 15 is 0 Å². The number of carboxylic acids is 1. The number of halogens is 1. The summed E-state index contributed by atoms with van der Waals surface area (Å²) in [4.78, 5) is 48.2. The first-order valence-electron chi connectivity index (χ1n) is 10.2. The van der Waals surface area contributed by atoms with E-state index in [2.05, 4.69) is 15.9 Å². The highest BCUT2D eigenvalue weighted by Gasteiger charge is 2.45. The number of carboxylic acid groups (broad SMARTS) is 1. The normalized spacial score (nSPS) is 17.4. The first-order valence-corrected chi connectivity index (χ1v) is 11.0. The topological polar surface area (TPSA) is 138 Å². The van der Waals surface area contributed by atoms with E-state index in [9.17, 15) is 29.6 Å². The molecule has 1 heterocycles. The van der Waals surface area contributed by atoms with Crippen LogP contribution in [0.3, 0.4) is 0 Å². The van der Waals surface area contributed by atoms with Crippen molar-refractivity contribution in [3.63, 3.8) is 0 Å². The van der Waals surface area contributed by atoms with E-state index in [1.165, 1.54) is 29.2 Å². The molecule has 0 bridgehead atoms. The number of likely N-dealkylation sites (tertiary alicyclic amines) is 1. The lowest BCUT2D eigenvalue weighted by atomic mass is 9.95. The monoisotopic (exact) mass is 516 g/mol. The van der Waals surface area contributed by atoms with Gasteiger partial charge < -0.3 is 15.1 Å². The molecule has 2 N–H and O–H groups in total. The van der Waals surface area contributed by atoms with Gasteiger partial charge >= 0.3 is 5.97 Å². The predicted molar refractivity (Wildman–Crippen MR) is 122 cm³/mol. The number of rotatable bonds is 9. The lowest BCUT2D eigenvalue weighted by Gasteiger charge is -2.25. The molecule has 33 heavy (non-hydrogen) atoms. The van der Waals surface area contributed by atoms with Crippen molar-refractivity contribution in [2.45, 2.75) is 31.7 Å². The fourth-order valence-corrected chi connectivity index (χ4v) is 4.00. The van der Waals surface area contributed by atoms with Gasteiger partial charge in [-0.15, -0.1) is 0 Å². The summed E-state index contributed by atoms with van der Waals surface area (Å²) in [5.74, 6) is -2.91. The van der Waals surface area contributed by atoms with Crippen LogP contribution in [0.5, 0.6) is 0 Å². The summed E-state index contributed by atoms with van der Waals surface area (Å²) in [6, 6.07) is 11.2. The van der Waals surface area contributed by atoms with E-state index in [0.717, 1.165) is 4.47 Å². The Morgan fingerprint density at radius 3 is 2.21 bits per heavy atom. The Labute approximate surface area is 197 Å². The van der Waals surface area contributed by atoms with E-state index in [1.807, 2.05) is 0 Å². The van der Waals surface area contributed by atoms with Crippen LogP contribution in [0.4, 0.5) is 5.69 Å². The molecule has 0 unspecified atom stereocenters. The molecule has 0 radical (unpaired) electrons. The van der Waals surface area contributed by atoms with Crippen LogP contribution in [0.25, 0.3) is 5.76 Å². The fraction of sp³-hybridized carbons (Fsp3) is 0.261. The van der Waals surface area contributed by atoms with Gasteiger partial charge in [-0.05, 0) is 42.7 Å². The summed E-state index contributed by atoms with van der Waals surface area (Å²) in [6.45, 7) is 0.210. The number of amides is 1. The third kappa shape index (κ3) is 5.46. The molecule has 3 rings (SSSR count). The molecule has 10 heteroatoms. The molecule has 0 spiro atoms. The molecule has 1 saturated heterocycles. The van der Waals surface area contributed by atoms with Gasteiger partial charge in [0.2, 0.25) is 0 Å². The number of benzene rings is 2. The molecule has 2 aromatic carbocycles. The Balaban J connectivity index is 1.97. The molecular weight excluding hydrogens is 496 g/mol. The molecule has 2 aromatic rings. The minimum Gasteiger partial charge on any atom is -0.507 e. The zero-order valence-electron chi connectivity index (χ0n) is 17.4. The second-order valence-corrected chi connectivity index (χ2v) is 8.47. The van der Waals surface area contributed by atoms with Crippen LogP contribution in [0, 0.1) is 10.1 Å². The minimum absolute atomic E-state index is 0.0229. The average Bonchev–Trinajstić information content (AvgIpc) is 3.03. The molecule has 1 aliphatic heterocycles. The van der Waals surface area contributed by atoms with E-state index < -0.39 is 34.4 Å². The van der Waals surface area contributed by atoms with E-state index in [-0.39, 0.29) is 29.8 Å². The van der Waals surface area contributed by atoms with Crippen LogP contribution in [-0.4, -0.2) is 44.2 Å². The van der Waals surface area contributed by atoms with Gasteiger partial charge in [0.25, 0.3) is 17.4 Å². The molecule has 1 atom stereocenters. The van der Waals surface area contributed by atoms with Crippen LogP contribution in [0.1, 0.15) is 42.9 Å². The van der Waals surface area contributed by atoms with Crippen molar-refractivity contribution in [1.29, 1.82) is 0 Å². The standard InChI is InChI=1S/C23H21BrN2O7/c24-16-9-5-14(6-10-16)20-19(21(29)15-7-11-17(12-8-15)26(32)33)22(30)23(31)25(20)13-3-1-2-4-18(27)28/h5-12,20,29H,1-4,13H2,(H,27,28)/t20-/m1/s1. The van der Waals surface area contributed by atoms with Crippen molar-refractivity contribution in [1.82, 2.24) is 4.90 Å². The maximum absolute atomic E-state index is 12.9. The number of carbonyl (C=O) groups excluding carboxylic acids is 2. The molecule has 172 valence electrons. The van der Waals surface area contributed by atoms with Crippen LogP contribution in [-0.2, 0) is 14.4 Å². The van der Waals surface area contributed by atoms with E-state index in [0.29, 0.717) is 24.8 Å². The van der Waals surface area contributed by atoms with Crippen LogP contribution in [0.15, 0.2) is 58.6 Å². The Morgan fingerprint density at radius 2 is 1.64 bits per heavy atom. The number of carbonyl (C=O) groups is 3. The van der Waals surface area contributed by atoms with Crippen molar-refractivity contribution >= 4 is 45.0 Å². The van der Waals surface area contributed by atoms with Gasteiger partial charge in [0.15, 0.2) is 0 Å². The lowest BCUT2D eigenvalue weighted by molar-refractivity contribution is -0.384. The van der Waals surface area contributed by atoms with Crippen molar-refractivity contribution in [3.05, 3.63) is 79.8 Å². The number of hydrogen-bond donors (Lipinski definition) is 2. The summed E-state index contributed by atoms with van der Waals surface area (Å²) >= 11 is 3.35. The minimum atomic E-state index is -0.895. The predicted octanol–water partition coefficient (Wildman–Crippen LogP) is 4.42. The smallest absolute Gasteiger partial charge is 0.303 e. The van der Waals surface area contributed by atoms with Gasteiger partial charge in [-0.3, -0.25) is 24.5 Å². The van der Waals surface area contributed by atoms with E-state index in [4.69, 9.17) is 5.11 Å². The van der Waals surface area contributed by atoms with Crippen LogP contribution < -0.4 is 0 Å². The SMILES string of the molecule is O=C(O)CCCCCN1C(=O)C(=O)C(=C(O)c2ccc([N+](=O)[O-])cc2)[C@H]1c1ccc(Br)cc1. The number of hydrogen-bond acceptors (Lipinski definition) is 6. The number of unbranched alkanes of at least 4 members (excludes halogenated alkanes) is 2. The molecule has 1 aliphatic rings. The highest BCUT2D eigenvalue weighted by molar-refractivity contribution is 9.10. The van der Waals surface area contributed by atoms with Crippen molar-refractivity contribution in [3.8, 4) is 0 Å². The number of nitro groups is 1. The fourth-order valence-electron chi connectivity index (χ4n) is 3.73. The van der Waals surface area contributed by atoms with Gasteiger partial charge in [0, 0.05) is 35.1 Å². The zero-order valence-corrected chi connectivity index (χ0v) is 19.0. The summed E-state index contributed by atoms with van der Waals surface area (Å²) in [6.07, 6.45) is 1.52. The molecule has 9 nitrogen and oxygen atoms in total. The van der Waals surface area contributed by atoms with Gasteiger partial charge in [-0.25, -0.2) is 0 Å². The first kappa shape index (κ1) is 24.1. The quantitative estimate of drug-likeness (QED) is 0.125. The third-order valence-electron chi connectivity index (χ3n) is 5.37. The van der Waals surface area contributed by atoms with Crippen molar-refractivity contribution in [2.75, 3.05) is 6.54 Å². The Bertz CT molecular complexity index is 1110. The number of non-ortho nitro benzene ring substituents is 1. The lowest BCUT2D eigenvalue weighted by Crippen LogP contribution is -2.30. The summed E-state index contributed by atoms with van der Waals surface area (Å²) in [5.41, 5.74) is 0.535. The van der Waals surface area contributed by atoms with Crippen molar-refractivity contribution < 1.29 is 29.5 Å². The average molecular weight is 517 g/mol. The second-order valence-electron chi connectivity index (χ2n) is 7.55. The van der Waals surface area contributed by atoms with Crippen molar-refractivity contribution in [2.24, 2.45) is 0 Å². The Morgan fingerprint density at radius 1 is 1.00 bits per heavy atom. The maximum Gasteiger partial charge on any atom is 0.303 e. The highest BCUT2D eigenvalue weighted by Crippen LogP contribution is 2.40. The number of nitro benzene ring substituents is 1. The number of nitrogens with zero attached hydrogens (tertiary/aromatic N) is 2. The van der Waals surface area contributed by atoms with Crippen LogP contribution in [0.2, 0.25) is 0 Å². The highest BCUT2D eigenvalue weighted by atomic mass is 79.9. The number of ketones is 1. The zero-order chi connectivity index (χ0) is 24.1. The van der Waals surface area contributed by atoms with E-state index in [1.54, 1.807) is 24.3 Å². The Kier molecular flexibility index (Phi) is 7.59. The number of aliphatic hydroxyl groups excluding tert-OH is 1. The number of aliphatic hydroxyl groups is 1. The summed E-state index contributed by atoms with van der Waals surface area (Å²) in [7, 11) is 0. The molecule has 0 aromatic heterocycles. The second kappa shape index (κ2) is 10.4. The van der Waals surface area contributed by atoms with Gasteiger partial charge in [0.1, 0.15) is 5.76 Å². The number of aliphatic carboxylic acids is 1. The molecular formula is C23H21BrN2O7. The van der Waals surface area contributed by atoms with Crippen LogP contribution >= 0.6 is 15.9 Å². The molecule has 1 amide bonds. The molecule has 0 saturated carbocycles. The van der Waals surface area contributed by atoms with Gasteiger partial charge in [-0.1, -0.05) is 34.5 Å². The number of Topliss-reactive ketones (excluding diaryl/α,β-unsaturated/α-hetero) is 1. The molecule has 0 aliphatic carbocycles. The van der Waals surface area contributed by atoms with Gasteiger partial charge in [-0.2, -0.15) is 0 Å². The summed E-state index contributed by atoms with van der Waals surface area (Å²) < 4.78 is 0.798. The molecule has 1 fully saturated rings. The van der Waals surface area contributed by atoms with Gasteiger partial charge in [0.05, 0.1) is 16.5 Å². The summed E-state index contributed by atoms with van der Waals surface area (Å²) in [5, 5.41) is 30.6. The Hall–Kier alpha value is -3.53.